The van der Waals surface area contributed by atoms with Gasteiger partial charge < -0.3 is 19.5 Å². The van der Waals surface area contributed by atoms with Crippen molar-refractivity contribution < 1.29 is 19.0 Å². The number of aromatic nitrogens is 1. The second-order valence-electron chi connectivity index (χ2n) is 6.51. The summed E-state index contributed by atoms with van der Waals surface area (Å²) in [5.41, 5.74) is 0.455. The quantitative estimate of drug-likeness (QED) is 0.531. The van der Waals surface area contributed by atoms with Crippen molar-refractivity contribution in [2.45, 2.75) is 32.9 Å². The molecule has 0 aliphatic carbocycles. The number of nitrogens with zero attached hydrogens (tertiary/aromatic N) is 1. The van der Waals surface area contributed by atoms with Crippen molar-refractivity contribution in [2.75, 3.05) is 13.2 Å². The van der Waals surface area contributed by atoms with Gasteiger partial charge in [-0.05, 0) is 66.5 Å². The van der Waals surface area contributed by atoms with Crippen LogP contribution in [0.25, 0.3) is 0 Å². The van der Waals surface area contributed by atoms with E-state index in [-0.39, 0.29) is 0 Å². The summed E-state index contributed by atoms with van der Waals surface area (Å²) in [6.45, 7) is 6.73. The predicted octanol–water partition coefficient (Wildman–Crippen LogP) is 4.33. The van der Waals surface area contributed by atoms with E-state index in [4.69, 9.17) is 14.2 Å². The van der Waals surface area contributed by atoms with Gasteiger partial charge in [-0.1, -0.05) is 12.1 Å². The molecule has 0 spiro atoms. The number of carbonyl (C=O) groups is 1. The molecule has 26 heavy (non-hydrogen) atoms. The van der Waals surface area contributed by atoms with Crippen molar-refractivity contribution in [3.05, 3.63) is 52.8 Å². The predicted molar refractivity (Wildman–Crippen MR) is 102 cm³/mol. The van der Waals surface area contributed by atoms with Gasteiger partial charge in [0, 0.05) is 6.54 Å². The first-order valence-electron chi connectivity index (χ1n) is 8.25. The van der Waals surface area contributed by atoms with E-state index in [0.29, 0.717) is 25.5 Å². The SMILES string of the molecule is CC(C)(C)OC(=O)NCc1ccc(OCCOc2ccc(Br)nc2)cc1. The zero-order valence-corrected chi connectivity index (χ0v) is 16.7. The van der Waals surface area contributed by atoms with Gasteiger partial charge in [0.05, 0.1) is 6.20 Å². The third-order valence-electron chi connectivity index (χ3n) is 3.08. The molecule has 0 aliphatic rings. The lowest BCUT2D eigenvalue weighted by molar-refractivity contribution is 0.0523. The Kier molecular flexibility index (Phi) is 7.26. The van der Waals surface area contributed by atoms with Gasteiger partial charge in [0.2, 0.25) is 0 Å². The fourth-order valence-electron chi connectivity index (χ4n) is 1.96. The molecule has 0 atom stereocenters. The first kappa shape index (κ1) is 20.0. The van der Waals surface area contributed by atoms with Crippen molar-refractivity contribution in [1.29, 1.82) is 0 Å². The number of alkyl carbamates (subject to hydrolysis) is 1. The van der Waals surface area contributed by atoms with Gasteiger partial charge in [-0.25, -0.2) is 9.78 Å². The molecule has 2 rings (SSSR count). The fraction of sp³-hybridized carbons (Fsp3) is 0.368. The highest BCUT2D eigenvalue weighted by Crippen LogP contribution is 2.14. The number of carbonyl (C=O) groups excluding carboxylic acids is 1. The molecule has 1 amide bonds. The first-order chi connectivity index (χ1) is 12.3. The smallest absolute Gasteiger partial charge is 0.407 e. The Bertz CT molecular complexity index is 697. The van der Waals surface area contributed by atoms with Gasteiger partial charge in [0.25, 0.3) is 0 Å². The number of hydrogen-bond donors (Lipinski definition) is 1. The fourth-order valence-corrected chi connectivity index (χ4v) is 2.19. The van der Waals surface area contributed by atoms with Crippen LogP contribution in [0.2, 0.25) is 0 Å². The summed E-state index contributed by atoms with van der Waals surface area (Å²) in [4.78, 5) is 15.7. The van der Waals surface area contributed by atoms with Crippen LogP contribution in [0.3, 0.4) is 0 Å². The van der Waals surface area contributed by atoms with Crippen LogP contribution in [-0.2, 0) is 11.3 Å². The number of pyridine rings is 1. The Morgan fingerprint density at radius 1 is 1.04 bits per heavy atom. The average molecular weight is 423 g/mol. The van der Waals surface area contributed by atoms with E-state index in [0.717, 1.165) is 15.9 Å². The number of ether oxygens (including phenoxy) is 3. The minimum Gasteiger partial charge on any atom is -0.490 e. The van der Waals surface area contributed by atoms with Gasteiger partial charge >= 0.3 is 6.09 Å². The van der Waals surface area contributed by atoms with Gasteiger partial charge in [-0.3, -0.25) is 0 Å². The molecule has 0 aliphatic heterocycles. The molecule has 0 unspecified atom stereocenters. The normalized spacial score (nSPS) is 10.9. The van der Waals surface area contributed by atoms with Crippen LogP contribution in [0.5, 0.6) is 11.5 Å². The van der Waals surface area contributed by atoms with Gasteiger partial charge in [-0.2, -0.15) is 0 Å². The zero-order valence-electron chi connectivity index (χ0n) is 15.1. The Balaban J connectivity index is 1.68. The molecule has 1 N–H and O–H groups in total. The largest absolute Gasteiger partial charge is 0.490 e. The third-order valence-corrected chi connectivity index (χ3v) is 3.55. The maximum atomic E-state index is 11.6. The summed E-state index contributed by atoms with van der Waals surface area (Å²) in [5, 5.41) is 2.72. The van der Waals surface area contributed by atoms with E-state index in [1.807, 2.05) is 57.2 Å². The molecule has 1 aromatic heterocycles. The Morgan fingerprint density at radius 3 is 2.23 bits per heavy atom. The Hall–Kier alpha value is -2.28. The standard InChI is InChI=1S/C19H23BrN2O4/c1-19(2,3)26-18(23)22-12-14-4-6-15(7-5-14)24-10-11-25-16-8-9-17(20)21-13-16/h4-9,13H,10-12H2,1-3H3,(H,22,23). The lowest BCUT2D eigenvalue weighted by atomic mass is 10.2. The van der Waals surface area contributed by atoms with E-state index in [1.165, 1.54) is 0 Å². The summed E-state index contributed by atoms with van der Waals surface area (Å²) in [6.07, 6.45) is 1.22. The van der Waals surface area contributed by atoms with Gasteiger partial charge in [0.15, 0.2) is 0 Å². The first-order valence-corrected chi connectivity index (χ1v) is 9.04. The molecule has 7 heteroatoms. The molecule has 1 heterocycles. The minimum atomic E-state index is -0.504. The van der Waals surface area contributed by atoms with Crippen molar-refractivity contribution in [2.24, 2.45) is 0 Å². The summed E-state index contributed by atoms with van der Waals surface area (Å²) < 4.78 is 17.1. The molecule has 0 saturated carbocycles. The maximum absolute atomic E-state index is 11.6. The van der Waals surface area contributed by atoms with Crippen LogP contribution in [-0.4, -0.2) is 29.9 Å². The topological polar surface area (TPSA) is 69.7 Å². The number of halogens is 1. The molecule has 2 aromatic rings. The highest BCUT2D eigenvalue weighted by Gasteiger charge is 2.15. The number of rotatable bonds is 7. The number of nitrogens with one attached hydrogen (secondary N) is 1. The molecule has 140 valence electrons. The van der Waals surface area contributed by atoms with E-state index in [1.54, 1.807) is 6.20 Å². The van der Waals surface area contributed by atoms with Crippen molar-refractivity contribution >= 4 is 22.0 Å². The molecular weight excluding hydrogens is 400 g/mol. The number of amides is 1. The average Bonchev–Trinajstić information content (AvgIpc) is 2.58. The van der Waals surface area contributed by atoms with Crippen molar-refractivity contribution in [1.82, 2.24) is 10.3 Å². The monoisotopic (exact) mass is 422 g/mol. The van der Waals surface area contributed by atoms with Crippen molar-refractivity contribution in [3.63, 3.8) is 0 Å². The minimum absolute atomic E-state index is 0.398. The van der Waals surface area contributed by atoms with Crippen LogP contribution >= 0.6 is 15.9 Å². The van der Waals surface area contributed by atoms with Crippen LogP contribution in [0, 0.1) is 0 Å². The van der Waals surface area contributed by atoms with E-state index in [2.05, 4.69) is 26.2 Å². The summed E-state index contributed by atoms with van der Waals surface area (Å²) >= 11 is 3.27. The van der Waals surface area contributed by atoms with Crippen molar-refractivity contribution in [3.8, 4) is 11.5 Å². The second kappa shape index (κ2) is 9.43. The van der Waals surface area contributed by atoms with Crippen LogP contribution in [0.15, 0.2) is 47.2 Å². The van der Waals surface area contributed by atoms with E-state index >= 15 is 0 Å². The van der Waals surface area contributed by atoms with Crippen LogP contribution in [0.1, 0.15) is 26.3 Å². The highest BCUT2D eigenvalue weighted by molar-refractivity contribution is 9.10. The lowest BCUT2D eigenvalue weighted by Gasteiger charge is -2.19. The summed E-state index contributed by atoms with van der Waals surface area (Å²) in [6, 6.07) is 11.2. The lowest BCUT2D eigenvalue weighted by Crippen LogP contribution is -2.32. The maximum Gasteiger partial charge on any atom is 0.407 e. The third kappa shape index (κ3) is 7.74. The number of benzene rings is 1. The molecule has 0 fully saturated rings. The van der Waals surface area contributed by atoms with Crippen LogP contribution in [0.4, 0.5) is 4.79 Å². The summed E-state index contributed by atoms with van der Waals surface area (Å²) in [7, 11) is 0. The zero-order chi connectivity index (χ0) is 19.0. The summed E-state index contributed by atoms with van der Waals surface area (Å²) in [5.74, 6) is 1.43. The molecule has 1 aromatic carbocycles. The molecule has 6 nitrogen and oxygen atoms in total. The molecular formula is C19H23BrN2O4. The Labute approximate surface area is 162 Å². The highest BCUT2D eigenvalue weighted by atomic mass is 79.9. The number of hydrogen-bond acceptors (Lipinski definition) is 5. The second-order valence-corrected chi connectivity index (χ2v) is 7.33. The van der Waals surface area contributed by atoms with E-state index < -0.39 is 11.7 Å². The van der Waals surface area contributed by atoms with E-state index in [9.17, 15) is 4.79 Å². The van der Waals surface area contributed by atoms with Gasteiger partial charge in [0.1, 0.15) is 34.9 Å². The Morgan fingerprint density at radius 2 is 1.65 bits per heavy atom. The molecule has 0 bridgehead atoms. The molecule has 0 saturated heterocycles. The van der Waals surface area contributed by atoms with Crippen LogP contribution < -0.4 is 14.8 Å². The van der Waals surface area contributed by atoms with Gasteiger partial charge in [-0.15, -0.1) is 0 Å². The molecule has 0 radical (unpaired) electrons.